The van der Waals surface area contributed by atoms with Crippen molar-refractivity contribution in [3.05, 3.63) is 35.4 Å². The fourth-order valence-electron chi connectivity index (χ4n) is 3.07. The predicted octanol–water partition coefficient (Wildman–Crippen LogP) is 0.802. The fraction of sp³-hybridized carbons (Fsp3) is 0.533. The molecule has 3 rings (SSSR count). The third kappa shape index (κ3) is 2.32. The molecule has 102 valence electrons. The van der Waals surface area contributed by atoms with Crippen LogP contribution in [0.4, 0.5) is 0 Å². The zero-order chi connectivity index (χ0) is 13.1. The van der Waals surface area contributed by atoms with E-state index >= 15 is 0 Å². The Morgan fingerprint density at radius 1 is 1.37 bits per heavy atom. The molecule has 0 bridgehead atoms. The van der Waals surface area contributed by atoms with Crippen LogP contribution in [0, 0.1) is 0 Å². The third-order valence-electron chi connectivity index (χ3n) is 4.26. The van der Waals surface area contributed by atoms with Crippen LogP contribution in [0.5, 0.6) is 0 Å². The molecule has 2 aliphatic rings. The van der Waals surface area contributed by atoms with Crippen molar-refractivity contribution >= 4 is 5.96 Å². The van der Waals surface area contributed by atoms with E-state index in [0.29, 0.717) is 0 Å². The zero-order valence-corrected chi connectivity index (χ0v) is 11.2. The number of guanidine groups is 1. The van der Waals surface area contributed by atoms with Gasteiger partial charge in [0.15, 0.2) is 5.96 Å². The van der Waals surface area contributed by atoms with Gasteiger partial charge in [0.05, 0.1) is 6.61 Å². The number of aliphatic hydroxyl groups is 1. The summed E-state index contributed by atoms with van der Waals surface area (Å²) in [5, 5.41) is 16.5. The standard InChI is InChI=1S/C15H21N3O/c19-11-15(10-18-14-16-8-3-9-17-14)7-6-12-4-1-2-5-13(12)15/h1-2,4-5,19H,3,6-11H2,(H2,16,17,18). The van der Waals surface area contributed by atoms with E-state index in [-0.39, 0.29) is 12.0 Å². The van der Waals surface area contributed by atoms with Crippen LogP contribution in [-0.4, -0.2) is 37.3 Å². The van der Waals surface area contributed by atoms with Gasteiger partial charge in [-0.2, -0.15) is 0 Å². The van der Waals surface area contributed by atoms with Gasteiger partial charge in [-0.05, 0) is 30.4 Å². The van der Waals surface area contributed by atoms with E-state index in [9.17, 15) is 5.11 Å². The van der Waals surface area contributed by atoms with Crippen molar-refractivity contribution in [2.24, 2.45) is 4.99 Å². The Hall–Kier alpha value is -1.55. The number of fused-ring (bicyclic) bond motifs is 1. The molecule has 1 heterocycles. The quantitative estimate of drug-likeness (QED) is 0.752. The van der Waals surface area contributed by atoms with E-state index in [2.05, 4.69) is 39.9 Å². The van der Waals surface area contributed by atoms with Gasteiger partial charge in [-0.15, -0.1) is 0 Å². The molecule has 0 fully saturated rings. The Kier molecular flexibility index (Phi) is 3.42. The molecule has 1 aromatic carbocycles. The van der Waals surface area contributed by atoms with Crippen LogP contribution in [0.2, 0.25) is 0 Å². The number of rotatable bonds is 3. The first kappa shape index (κ1) is 12.5. The summed E-state index contributed by atoms with van der Waals surface area (Å²) in [6, 6.07) is 8.46. The van der Waals surface area contributed by atoms with Crippen LogP contribution in [0.3, 0.4) is 0 Å². The van der Waals surface area contributed by atoms with Gasteiger partial charge in [0.1, 0.15) is 0 Å². The molecule has 0 saturated heterocycles. The van der Waals surface area contributed by atoms with Crippen molar-refractivity contribution in [1.29, 1.82) is 0 Å². The highest BCUT2D eigenvalue weighted by atomic mass is 16.3. The van der Waals surface area contributed by atoms with Crippen molar-refractivity contribution in [3.8, 4) is 0 Å². The first-order valence-electron chi connectivity index (χ1n) is 7.05. The van der Waals surface area contributed by atoms with Gasteiger partial charge in [-0.1, -0.05) is 24.3 Å². The average molecular weight is 259 g/mol. The van der Waals surface area contributed by atoms with Gasteiger partial charge in [-0.3, -0.25) is 4.99 Å². The molecule has 1 atom stereocenters. The summed E-state index contributed by atoms with van der Waals surface area (Å²) in [6.45, 7) is 2.79. The molecule has 4 heteroatoms. The molecule has 19 heavy (non-hydrogen) atoms. The van der Waals surface area contributed by atoms with Crippen LogP contribution in [-0.2, 0) is 11.8 Å². The average Bonchev–Trinajstić information content (AvgIpc) is 2.86. The SMILES string of the molecule is OCC1(CNC2=NCCCN2)CCc2ccccc21. The van der Waals surface area contributed by atoms with Gasteiger partial charge in [-0.25, -0.2) is 0 Å². The number of aliphatic hydroxyl groups excluding tert-OH is 1. The summed E-state index contributed by atoms with van der Waals surface area (Å²) >= 11 is 0. The Balaban J connectivity index is 1.76. The molecule has 0 radical (unpaired) electrons. The summed E-state index contributed by atoms with van der Waals surface area (Å²) in [5.74, 6) is 0.878. The molecule has 1 aliphatic heterocycles. The lowest BCUT2D eigenvalue weighted by atomic mass is 9.82. The monoisotopic (exact) mass is 259 g/mol. The first-order chi connectivity index (χ1) is 9.34. The van der Waals surface area contributed by atoms with E-state index < -0.39 is 0 Å². The maximum absolute atomic E-state index is 9.89. The lowest BCUT2D eigenvalue weighted by Crippen LogP contribution is -2.48. The smallest absolute Gasteiger partial charge is 0.191 e. The molecule has 4 nitrogen and oxygen atoms in total. The Bertz CT molecular complexity index is 486. The number of aryl methyl sites for hydroxylation is 1. The molecule has 1 aliphatic carbocycles. The summed E-state index contributed by atoms with van der Waals surface area (Å²) < 4.78 is 0. The Morgan fingerprint density at radius 2 is 2.26 bits per heavy atom. The number of benzene rings is 1. The maximum atomic E-state index is 9.89. The lowest BCUT2D eigenvalue weighted by molar-refractivity contribution is 0.193. The minimum Gasteiger partial charge on any atom is -0.395 e. The third-order valence-corrected chi connectivity index (χ3v) is 4.26. The number of hydrogen-bond acceptors (Lipinski definition) is 4. The second kappa shape index (κ2) is 5.21. The fourth-order valence-corrected chi connectivity index (χ4v) is 3.07. The minimum absolute atomic E-state index is 0.155. The lowest BCUT2D eigenvalue weighted by Gasteiger charge is -2.30. The largest absolute Gasteiger partial charge is 0.395 e. The molecule has 0 amide bonds. The molecular formula is C15H21N3O. The topological polar surface area (TPSA) is 56.6 Å². The Labute approximate surface area is 113 Å². The molecule has 1 aromatic rings. The second-order valence-electron chi connectivity index (χ2n) is 5.46. The van der Waals surface area contributed by atoms with E-state index in [0.717, 1.165) is 44.9 Å². The molecule has 0 spiro atoms. The number of hydrogen-bond donors (Lipinski definition) is 3. The van der Waals surface area contributed by atoms with Crippen LogP contribution >= 0.6 is 0 Å². The molecule has 1 unspecified atom stereocenters. The summed E-state index contributed by atoms with van der Waals surface area (Å²) in [7, 11) is 0. The van der Waals surface area contributed by atoms with E-state index in [1.807, 2.05) is 0 Å². The second-order valence-corrected chi connectivity index (χ2v) is 5.46. The first-order valence-corrected chi connectivity index (χ1v) is 7.05. The number of nitrogens with one attached hydrogen (secondary N) is 2. The van der Waals surface area contributed by atoms with Gasteiger partial charge in [0.2, 0.25) is 0 Å². The van der Waals surface area contributed by atoms with Crippen molar-refractivity contribution in [2.75, 3.05) is 26.2 Å². The van der Waals surface area contributed by atoms with Crippen LogP contribution in [0.15, 0.2) is 29.3 Å². The summed E-state index contributed by atoms with van der Waals surface area (Å²) in [6.07, 6.45) is 3.15. The van der Waals surface area contributed by atoms with E-state index in [1.165, 1.54) is 11.1 Å². The normalized spacial score (nSPS) is 25.4. The van der Waals surface area contributed by atoms with Crippen LogP contribution < -0.4 is 10.6 Å². The predicted molar refractivity (Wildman–Crippen MR) is 76.5 cm³/mol. The zero-order valence-electron chi connectivity index (χ0n) is 11.2. The maximum Gasteiger partial charge on any atom is 0.191 e. The highest BCUT2D eigenvalue weighted by Gasteiger charge is 2.38. The van der Waals surface area contributed by atoms with Crippen molar-refractivity contribution in [3.63, 3.8) is 0 Å². The van der Waals surface area contributed by atoms with Gasteiger partial charge in [0.25, 0.3) is 0 Å². The van der Waals surface area contributed by atoms with Crippen molar-refractivity contribution in [1.82, 2.24) is 10.6 Å². The highest BCUT2D eigenvalue weighted by molar-refractivity contribution is 5.80. The molecular weight excluding hydrogens is 238 g/mol. The van der Waals surface area contributed by atoms with Crippen LogP contribution in [0.25, 0.3) is 0 Å². The van der Waals surface area contributed by atoms with E-state index in [4.69, 9.17) is 0 Å². The number of aliphatic imine (C=N–C) groups is 1. The Morgan fingerprint density at radius 3 is 3.05 bits per heavy atom. The highest BCUT2D eigenvalue weighted by Crippen LogP contribution is 2.38. The van der Waals surface area contributed by atoms with Gasteiger partial charge < -0.3 is 15.7 Å². The molecule has 3 N–H and O–H groups in total. The van der Waals surface area contributed by atoms with Gasteiger partial charge >= 0.3 is 0 Å². The van der Waals surface area contributed by atoms with Gasteiger partial charge in [0, 0.05) is 25.0 Å². The van der Waals surface area contributed by atoms with Crippen LogP contribution in [0.1, 0.15) is 24.0 Å². The van der Waals surface area contributed by atoms with Crippen molar-refractivity contribution in [2.45, 2.75) is 24.7 Å². The summed E-state index contributed by atoms with van der Waals surface area (Å²) in [5.41, 5.74) is 2.51. The molecule has 0 aromatic heterocycles. The van der Waals surface area contributed by atoms with Crippen molar-refractivity contribution < 1.29 is 5.11 Å². The number of nitrogens with zero attached hydrogens (tertiary/aromatic N) is 1. The minimum atomic E-state index is -0.155. The summed E-state index contributed by atoms with van der Waals surface area (Å²) in [4.78, 5) is 4.42. The van der Waals surface area contributed by atoms with E-state index in [1.54, 1.807) is 0 Å². The molecule has 0 saturated carbocycles.